The van der Waals surface area contributed by atoms with Crippen molar-refractivity contribution in [3.05, 3.63) is 93.0 Å². The summed E-state index contributed by atoms with van der Waals surface area (Å²) in [5.74, 6) is 0.152. The van der Waals surface area contributed by atoms with Crippen molar-refractivity contribution in [1.29, 1.82) is 0 Å². The van der Waals surface area contributed by atoms with Crippen LogP contribution in [0.3, 0.4) is 0 Å². The minimum Gasteiger partial charge on any atom is -0.318 e. The van der Waals surface area contributed by atoms with Crippen LogP contribution in [-0.2, 0) is 0 Å². The third kappa shape index (κ3) is 3.56. The molecule has 3 aromatic carbocycles. The van der Waals surface area contributed by atoms with Crippen molar-refractivity contribution in [3.63, 3.8) is 0 Å². The van der Waals surface area contributed by atoms with Gasteiger partial charge in [-0.1, -0.05) is 42.5 Å². The van der Waals surface area contributed by atoms with Crippen LogP contribution in [0.15, 0.2) is 72.8 Å². The molecule has 9 heteroatoms. The van der Waals surface area contributed by atoms with Crippen molar-refractivity contribution in [3.8, 4) is 11.3 Å². The molecule has 1 N–H and O–H groups in total. The lowest BCUT2D eigenvalue weighted by molar-refractivity contribution is -0.384. The first-order chi connectivity index (χ1) is 14.0. The van der Waals surface area contributed by atoms with Crippen LogP contribution in [0.25, 0.3) is 22.2 Å². The van der Waals surface area contributed by atoms with E-state index in [2.05, 4.69) is 15.3 Å². The van der Waals surface area contributed by atoms with Gasteiger partial charge in [0.05, 0.1) is 21.1 Å². The van der Waals surface area contributed by atoms with Crippen LogP contribution in [0, 0.1) is 20.2 Å². The van der Waals surface area contributed by atoms with Gasteiger partial charge in [0.1, 0.15) is 5.69 Å². The van der Waals surface area contributed by atoms with Gasteiger partial charge in [0.25, 0.3) is 11.4 Å². The molecule has 9 nitrogen and oxygen atoms in total. The number of nitro benzene ring substituents is 2. The number of hydrogen-bond donors (Lipinski definition) is 1. The van der Waals surface area contributed by atoms with Gasteiger partial charge in [-0.25, -0.2) is 9.97 Å². The normalized spacial score (nSPS) is 10.6. The minimum atomic E-state index is -0.495. The molecular weight excluding hydrogens is 374 g/mol. The zero-order valence-electron chi connectivity index (χ0n) is 14.9. The van der Waals surface area contributed by atoms with E-state index in [4.69, 9.17) is 0 Å². The number of para-hydroxylation sites is 2. The quantitative estimate of drug-likeness (QED) is 0.383. The Bertz CT molecular complexity index is 1240. The second kappa shape index (κ2) is 7.31. The number of nitrogens with zero attached hydrogens (tertiary/aromatic N) is 4. The number of non-ortho nitro benzene ring substituents is 1. The van der Waals surface area contributed by atoms with Gasteiger partial charge >= 0.3 is 0 Å². The van der Waals surface area contributed by atoms with E-state index in [-0.39, 0.29) is 23.0 Å². The van der Waals surface area contributed by atoms with E-state index in [1.165, 1.54) is 24.3 Å². The first-order valence-corrected chi connectivity index (χ1v) is 8.55. The van der Waals surface area contributed by atoms with Gasteiger partial charge in [-0.3, -0.25) is 20.2 Å². The number of hydrogen-bond acceptors (Lipinski definition) is 7. The molecule has 0 aliphatic heterocycles. The van der Waals surface area contributed by atoms with Crippen LogP contribution in [0.4, 0.5) is 23.0 Å². The van der Waals surface area contributed by atoms with Crippen LogP contribution >= 0.6 is 0 Å². The average molecular weight is 387 g/mol. The molecule has 0 amide bonds. The molecule has 0 unspecified atom stereocenters. The smallest absolute Gasteiger partial charge is 0.292 e. The zero-order chi connectivity index (χ0) is 20.4. The van der Waals surface area contributed by atoms with Crippen molar-refractivity contribution in [1.82, 2.24) is 9.97 Å². The maximum Gasteiger partial charge on any atom is 0.292 e. The van der Waals surface area contributed by atoms with Crippen LogP contribution < -0.4 is 5.32 Å². The van der Waals surface area contributed by atoms with E-state index >= 15 is 0 Å². The second-order valence-electron chi connectivity index (χ2n) is 6.12. The third-order valence-electron chi connectivity index (χ3n) is 4.28. The Kier molecular flexibility index (Phi) is 4.54. The van der Waals surface area contributed by atoms with Gasteiger partial charge in [-0.05, 0) is 12.1 Å². The van der Waals surface area contributed by atoms with Crippen molar-refractivity contribution in [2.75, 3.05) is 5.32 Å². The summed E-state index contributed by atoms with van der Waals surface area (Å²) < 4.78 is 0. The number of rotatable bonds is 5. The molecule has 0 spiro atoms. The second-order valence-corrected chi connectivity index (χ2v) is 6.12. The van der Waals surface area contributed by atoms with Crippen LogP contribution in [0.5, 0.6) is 0 Å². The first-order valence-electron chi connectivity index (χ1n) is 8.55. The molecule has 142 valence electrons. The molecular formula is C20H13N5O4. The number of nitrogens with one attached hydrogen (secondary N) is 1. The predicted octanol–water partition coefficient (Wildman–Crippen LogP) is 4.86. The molecule has 0 radical (unpaired) electrons. The maximum absolute atomic E-state index is 11.3. The summed E-state index contributed by atoms with van der Waals surface area (Å²) in [5, 5.41) is 25.9. The Morgan fingerprint density at radius 3 is 2.24 bits per heavy atom. The van der Waals surface area contributed by atoms with Crippen molar-refractivity contribution in [2.45, 2.75) is 0 Å². The number of nitro groups is 2. The molecule has 0 aliphatic rings. The van der Waals surface area contributed by atoms with Crippen molar-refractivity contribution < 1.29 is 9.85 Å². The first kappa shape index (κ1) is 18.0. The van der Waals surface area contributed by atoms with Crippen LogP contribution in [0.2, 0.25) is 0 Å². The van der Waals surface area contributed by atoms with Crippen molar-refractivity contribution in [2.24, 2.45) is 0 Å². The summed E-state index contributed by atoms with van der Waals surface area (Å²) in [7, 11) is 0. The van der Waals surface area contributed by atoms with E-state index in [0.29, 0.717) is 16.6 Å². The number of benzene rings is 3. The molecule has 0 saturated carbocycles. The molecule has 4 aromatic rings. The van der Waals surface area contributed by atoms with Crippen molar-refractivity contribution >= 4 is 33.9 Å². The Labute approximate surface area is 164 Å². The fourth-order valence-electron chi connectivity index (χ4n) is 2.96. The lowest BCUT2D eigenvalue weighted by Crippen LogP contribution is -2.02. The number of fused-ring (bicyclic) bond motifs is 1. The van der Waals surface area contributed by atoms with Gasteiger partial charge in [-0.2, -0.15) is 0 Å². The standard InChI is InChI=1S/C20H13N5O4/c26-24(27)14-10-11-16-15(12-14)19(13-6-2-1-3-7-13)23-20(21-16)22-17-8-4-5-9-18(17)25(28)29/h1-12H,(H,21,22,23). The van der Waals surface area contributed by atoms with E-state index in [9.17, 15) is 20.2 Å². The van der Waals surface area contributed by atoms with E-state index in [0.717, 1.165) is 5.56 Å². The Morgan fingerprint density at radius 2 is 1.52 bits per heavy atom. The lowest BCUT2D eigenvalue weighted by atomic mass is 10.1. The van der Waals surface area contributed by atoms with E-state index in [1.54, 1.807) is 18.2 Å². The zero-order valence-corrected chi connectivity index (χ0v) is 14.9. The number of anilines is 2. The minimum absolute atomic E-state index is 0.0716. The topological polar surface area (TPSA) is 124 Å². The molecule has 0 atom stereocenters. The predicted molar refractivity (Wildman–Crippen MR) is 108 cm³/mol. The summed E-state index contributed by atoms with van der Waals surface area (Å²) in [5.41, 5.74) is 1.77. The van der Waals surface area contributed by atoms with Gasteiger partial charge in [0, 0.05) is 29.1 Å². The van der Waals surface area contributed by atoms with Gasteiger partial charge in [0.15, 0.2) is 0 Å². The Morgan fingerprint density at radius 1 is 0.793 bits per heavy atom. The molecule has 0 bridgehead atoms. The van der Waals surface area contributed by atoms with Crippen LogP contribution in [-0.4, -0.2) is 19.8 Å². The highest BCUT2D eigenvalue weighted by Crippen LogP contribution is 2.32. The van der Waals surface area contributed by atoms with E-state index < -0.39 is 9.85 Å². The molecule has 0 aliphatic carbocycles. The summed E-state index contributed by atoms with van der Waals surface area (Å²) in [4.78, 5) is 30.4. The average Bonchev–Trinajstić information content (AvgIpc) is 2.73. The SMILES string of the molecule is O=[N+]([O-])c1ccc2nc(Nc3ccccc3[N+](=O)[O-])nc(-c3ccccc3)c2c1. The fourth-order valence-corrected chi connectivity index (χ4v) is 2.96. The molecule has 0 fully saturated rings. The maximum atomic E-state index is 11.3. The third-order valence-corrected chi connectivity index (χ3v) is 4.28. The molecule has 1 heterocycles. The van der Waals surface area contributed by atoms with Gasteiger partial charge in [0.2, 0.25) is 5.95 Å². The summed E-state index contributed by atoms with van der Waals surface area (Å²) in [6.45, 7) is 0. The molecule has 0 saturated heterocycles. The van der Waals surface area contributed by atoms with Crippen LogP contribution in [0.1, 0.15) is 0 Å². The fraction of sp³-hybridized carbons (Fsp3) is 0. The molecule has 29 heavy (non-hydrogen) atoms. The lowest BCUT2D eigenvalue weighted by Gasteiger charge is -2.10. The van der Waals surface area contributed by atoms with Gasteiger partial charge < -0.3 is 5.32 Å². The monoisotopic (exact) mass is 387 g/mol. The highest BCUT2D eigenvalue weighted by Gasteiger charge is 2.17. The molecule has 1 aromatic heterocycles. The largest absolute Gasteiger partial charge is 0.318 e. The van der Waals surface area contributed by atoms with E-state index in [1.807, 2.05) is 30.3 Å². The Hall–Kier alpha value is -4.40. The number of aromatic nitrogens is 2. The van der Waals surface area contributed by atoms with Gasteiger partial charge in [-0.15, -0.1) is 0 Å². The molecule has 4 rings (SSSR count). The summed E-state index contributed by atoms with van der Waals surface area (Å²) in [6.07, 6.45) is 0. The Balaban J connectivity index is 1.90. The summed E-state index contributed by atoms with van der Waals surface area (Å²) in [6, 6.07) is 19.7. The highest BCUT2D eigenvalue weighted by atomic mass is 16.6. The highest BCUT2D eigenvalue weighted by molar-refractivity contribution is 5.94. The summed E-state index contributed by atoms with van der Waals surface area (Å²) >= 11 is 0.